The zero-order chi connectivity index (χ0) is 20.4. The molecule has 2 amide bonds. The molecule has 1 fully saturated rings. The van der Waals surface area contributed by atoms with E-state index in [0.717, 1.165) is 23.6 Å². The van der Waals surface area contributed by atoms with Crippen molar-refractivity contribution in [1.29, 1.82) is 0 Å². The maximum Gasteiger partial charge on any atom is 0.321 e. The molecule has 1 N–H and O–H groups in total. The fourth-order valence-electron chi connectivity index (χ4n) is 3.92. The second kappa shape index (κ2) is 8.09. The summed E-state index contributed by atoms with van der Waals surface area (Å²) in [5, 5.41) is 3.07. The minimum absolute atomic E-state index is 0.0656. The highest BCUT2D eigenvalue weighted by molar-refractivity contribution is 5.90. The van der Waals surface area contributed by atoms with Crippen molar-refractivity contribution in [3.63, 3.8) is 0 Å². The van der Waals surface area contributed by atoms with Gasteiger partial charge in [0, 0.05) is 44.8 Å². The molecule has 1 aromatic heterocycles. The minimum Gasteiger partial charge on any atom is -0.337 e. The SMILES string of the molecule is Cc1cc(NC(=O)N2CCN(C)C(c3nccn3C)C2)ccc1-c1ccccc1. The highest BCUT2D eigenvalue weighted by atomic mass is 16.2. The lowest BCUT2D eigenvalue weighted by molar-refractivity contribution is 0.110. The highest BCUT2D eigenvalue weighted by Gasteiger charge is 2.30. The lowest BCUT2D eigenvalue weighted by atomic mass is 10.0. The van der Waals surface area contributed by atoms with Gasteiger partial charge in [-0.1, -0.05) is 36.4 Å². The first-order valence-corrected chi connectivity index (χ1v) is 9.92. The largest absolute Gasteiger partial charge is 0.337 e. The summed E-state index contributed by atoms with van der Waals surface area (Å²) in [7, 11) is 4.08. The molecule has 2 heterocycles. The number of anilines is 1. The molecule has 0 bridgehead atoms. The average Bonchev–Trinajstić information content (AvgIpc) is 3.15. The summed E-state index contributed by atoms with van der Waals surface area (Å²) in [6.07, 6.45) is 3.75. The number of rotatable bonds is 3. The van der Waals surface area contributed by atoms with Gasteiger partial charge in [-0.25, -0.2) is 9.78 Å². The number of carbonyl (C=O) groups excluding carboxylic acids is 1. The number of urea groups is 1. The Hall–Kier alpha value is -3.12. The van der Waals surface area contributed by atoms with Crippen molar-refractivity contribution >= 4 is 11.7 Å². The van der Waals surface area contributed by atoms with Gasteiger partial charge in [-0.15, -0.1) is 0 Å². The molecule has 0 aliphatic carbocycles. The topological polar surface area (TPSA) is 53.4 Å². The van der Waals surface area contributed by atoms with Gasteiger partial charge in [-0.2, -0.15) is 0 Å². The van der Waals surface area contributed by atoms with Crippen LogP contribution in [0.1, 0.15) is 17.4 Å². The Balaban J connectivity index is 1.46. The number of nitrogens with zero attached hydrogens (tertiary/aromatic N) is 4. The van der Waals surface area contributed by atoms with Crippen LogP contribution in [0.3, 0.4) is 0 Å². The Morgan fingerprint density at radius 3 is 2.59 bits per heavy atom. The van der Waals surface area contributed by atoms with Crippen molar-refractivity contribution in [2.75, 3.05) is 32.0 Å². The van der Waals surface area contributed by atoms with Gasteiger partial charge >= 0.3 is 6.03 Å². The average molecular weight is 390 g/mol. The van der Waals surface area contributed by atoms with E-state index in [1.807, 2.05) is 53.0 Å². The summed E-state index contributed by atoms with van der Waals surface area (Å²) in [5.74, 6) is 0.980. The number of carbonyl (C=O) groups is 1. The van der Waals surface area contributed by atoms with Crippen LogP contribution in [0, 0.1) is 6.92 Å². The van der Waals surface area contributed by atoms with Crippen LogP contribution in [0.4, 0.5) is 10.5 Å². The van der Waals surface area contributed by atoms with Crippen molar-refractivity contribution in [2.45, 2.75) is 13.0 Å². The van der Waals surface area contributed by atoms with E-state index in [0.29, 0.717) is 13.1 Å². The fourth-order valence-corrected chi connectivity index (χ4v) is 3.92. The molecule has 3 aromatic rings. The van der Waals surface area contributed by atoms with E-state index in [-0.39, 0.29) is 12.1 Å². The van der Waals surface area contributed by atoms with Crippen molar-refractivity contribution in [3.05, 3.63) is 72.3 Å². The number of imidazole rings is 1. The maximum absolute atomic E-state index is 12.9. The Bertz CT molecular complexity index is 998. The molecule has 1 aliphatic heterocycles. The van der Waals surface area contributed by atoms with Crippen molar-refractivity contribution in [3.8, 4) is 11.1 Å². The smallest absolute Gasteiger partial charge is 0.321 e. The first-order chi connectivity index (χ1) is 14.0. The first-order valence-electron chi connectivity index (χ1n) is 9.92. The summed E-state index contributed by atoms with van der Waals surface area (Å²) in [6.45, 7) is 4.21. The van der Waals surface area contributed by atoms with E-state index in [1.165, 1.54) is 11.1 Å². The molecule has 29 heavy (non-hydrogen) atoms. The zero-order valence-electron chi connectivity index (χ0n) is 17.2. The standard InChI is InChI=1S/C23H27N5O/c1-17-15-19(9-10-20(17)18-7-5-4-6-8-18)25-23(29)28-14-13-26(2)21(16-28)22-24-11-12-27(22)3/h4-12,15,21H,13-14,16H2,1-3H3,(H,25,29). The Labute approximate surface area is 171 Å². The molecule has 0 spiro atoms. The number of likely N-dealkylation sites (N-methyl/N-ethyl adjacent to an activating group) is 1. The lowest BCUT2D eigenvalue weighted by Gasteiger charge is -2.38. The van der Waals surface area contributed by atoms with Crippen LogP contribution in [0.5, 0.6) is 0 Å². The van der Waals surface area contributed by atoms with Gasteiger partial charge in [-0.3, -0.25) is 4.90 Å². The molecule has 1 saturated heterocycles. The normalized spacial score (nSPS) is 17.3. The number of benzene rings is 2. The van der Waals surface area contributed by atoms with Crippen LogP contribution in [0.25, 0.3) is 11.1 Å². The number of hydrogen-bond acceptors (Lipinski definition) is 3. The fraction of sp³-hybridized carbons (Fsp3) is 0.304. The summed E-state index contributed by atoms with van der Waals surface area (Å²) in [6, 6.07) is 16.4. The molecule has 4 rings (SSSR count). The first kappa shape index (κ1) is 19.2. The summed E-state index contributed by atoms with van der Waals surface area (Å²) < 4.78 is 2.02. The molecule has 6 heteroatoms. The van der Waals surface area contributed by atoms with Crippen LogP contribution in [-0.4, -0.2) is 52.1 Å². The van der Waals surface area contributed by atoms with E-state index in [9.17, 15) is 4.79 Å². The van der Waals surface area contributed by atoms with Crippen LogP contribution >= 0.6 is 0 Å². The molecule has 1 atom stereocenters. The van der Waals surface area contributed by atoms with E-state index < -0.39 is 0 Å². The van der Waals surface area contributed by atoms with Crippen molar-refractivity contribution < 1.29 is 4.79 Å². The van der Waals surface area contributed by atoms with Crippen LogP contribution in [0.2, 0.25) is 0 Å². The van der Waals surface area contributed by atoms with E-state index in [1.54, 1.807) is 6.20 Å². The number of hydrogen-bond donors (Lipinski definition) is 1. The van der Waals surface area contributed by atoms with Gasteiger partial charge < -0.3 is 14.8 Å². The molecule has 1 aliphatic rings. The third kappa shape index (κ3) is 4.03. The molecule has 2 aromatic carbocycles. The summed E-state index contributed by atoms with van der Waals surface area (Å²) >= 11 is 0. The van der Waals surface area contributed by atoms with Gasteiger partial charge in [0.2, 0.25) is 0 Å². The molecule has 1 unspecified atom stereocenters. The Kier molecular flexibility index (Phi) is 5.36. The summed E-state index contributed by atoms with van der Waals surface area (Å²) in [4.78, 5) is 21.5. The van der Waals surface area contributed by atoms with Gasteiger partial charge in [0.15, 0.2) is 0 Å². The molecule has 6 nitrogen and oxygen atoms in total. The van der Waals surface area contributed by atoms with Crippen LogP contribution in [-0.2, 0) is 7.05 Å². The quantitative estimate of drug-likeness (QED) is 0.739. The van der Waals surface area contributed by atoms with Crippen LogP contribution in [0.15, 0.2) is 60.9 Å². The monoisotopic (exact) mass is 389 g/mol. The number of piperazine rings is 1. The molecular weight excluding hydrogens is 362 g/mol. The molecule has 150 valence electrons. The maximum atomic E-state index is 12.9. The van der Waals surface area contributed by atoms with Gasteiger partial charge in [0.1, 0.15) is 5.82 Å². The van der Waals surface area contributed by atoms with Gasteiger partial charge in [0.05, 0.1) is 6.04 Å². The summed E-state index contributed by atoms with van der Waals surface area (Å²) in [5.41, 5.74) is 4.32. The Morgan fingerprint density at radius 2 is 1.90 bits per heavy atom. The lowest BCUT2D eigenvalue weighted by Crippen LogP contribution is -2.50. The number of nitrogens with one attached hydrogen (secondary N) is 1. The predicted molar refractivity (Wildman–Crippen MR) is 116 cm³/mol. The number of aromatic nitrogens is 2. The highest BCUT2D eigenvalue weighted by Crippen LogP contribution is 2.27. The zero-order valence-corrected chi connectivity index (χ0v) is 17.2. The molecule has 0 radical (unpaired) electrons. The minimum atomic E-state index is -0.0656. The third-order valence-electron chi connectivity index (χ3n) is 5.65. The van der Waals surface area contributed by atoms with E-state index >= 15 is 0 Å². The van der Waals surface area contributed by atoms with E-state index in [4.69, 9.17) is 0 Å². The predicted octanol–water partition coefficient (Wildman–Crippen LogP) is 3.92. The van der Waals surface area contributed by atoms with E-state index in [2.05, 4.69) is 47.4 Å². The molecule has 0 saturated carbocycles. The number of amides is 2. The van der Waals surface area contributed by atoms with Gasteiger partial charge in [-0.05, 0) is 42.8 Å². The van der Waals surface area contributed by atoms with Crippen molar-refractivity contribution in [2.24, 2.45) is 7.05 Å². The number of aryl methyl sites for hydroxylation is 2. The van der Waals surface area contributed by atoms with Crippen molar-refractivity contribution in [1.82, 2.24) is 19.4 Å². The second-order valence-corrected chi connectivity index (χ2v) is 7.66. The second-order valence-electron chi connectivity index (χ2n) is 7.66. The van der Waals surface area contributed by atoms with Gasteiger partial charge in [0.25, 0.3) is 0 Å². The third-order valence-corrected chi connectivity index (χ3v) is 5.65. The Morgan fingerprint density at radius 1 is 1.10 bits per heavy atom. The van der Waals surface area contributed by atoms with Crippen LogP contribution < -0.4 is 5.32 Å². The molecular formula is C23H27N5O.